The molecule has 0 spiro atoms. The maximum atomic E-state index is 12.1. The van der Waals surface area contributed by atoms with Crippen LogP contribution in [0.2, 0.25) is 0 Å². The average molecular weight is 276 g/mol. The second-order valence-corrected chi connectivity index (χ2v) is 5.26. The van der Waals surface area contributed by atoms with Crippen LogP contribution in [0.25, 0.3) is 11.1 Å². The summed E-state index contributed by atoms with van der Waals surface area (Å²) in [7, 11) is 0. The molecule has 1 aliphatic rings. The van der Waals surface area contributed by atoms with Gasteiger partial charge in [0.2, 0.25) is 5.91 Å². The van der Waals surface area contributed by atoms with Gasteiger partial charge in [0.25, 0.3) is 0 Å². The zero-order valence-electron chi connectivity index (χ0n) is 11.0. The van der Waals surface area contributed by atoms with E-state index in [1.807, 2.05) is 0 Å². The molecule has 1 fully saturated rings. The van der Waals surface area contributed by atoms with Gasteiger partial charge in [0, 0.05) is 0 Å². The molecule has 1 amide bonds. The zero-order valence-corrected chi connectivity index (χ0v) is 11.0. The largest absolute Gasteiger partial charge is 0.420 e. The number of aromatic nitrogens is 1. The number of aliphatic hydroxyl groups excluding tert-OH is 1. The number of rotatable bonds is 4. The van der Waals surface area contributed by atoms with Crippen LogP contribution in [-0.4, -0.2) is 27.7 Å². The minimum atomic E-state index is -0.548. The Kier molecular flexibility index (Phi) is 3.10. The molecule has 6 heteroatoms. The maximum Gasteiger partial charge on any atom is 0.420 e. The number of benzene rings is 1. The second kappa shape index (κ2) is 4.79. The third kappa shape index (κ3) is 2.12. The number of hydrogen-bond donors (Lipinski definition) is 2. The highest BCUT2D eigenvalue weighted by Gasteiger charge is 2.37. The van der Waals surface area contributed by atoms with Crippen LogP contribution in [-0.2, 0) is 11.3 Å². The van der Waals surface area contributed by atoms with Gasteiger partial charge in [-0.05, 0) is 31.4 Å². The summed E-state index contributed by atoms with van der Waals surface area (Å²) >= 11 is 0. The lowest BCUT2D eigenvalue weighted by molar-refractivity contribution is -0.125. The maximum absolute atomic E-state index is 12.1. The summed E-state index contributed by atoms with van der Waals surface area (Å²) in [6.07, 6.45) is 2.54. The lowest BCUT2D eigenvalue weighted by Gasteiger charge is -2.40. The van der Waals surface area contributed by atoms with Crippen molar-refractivity contribution in [1.29, 1.82) is 0 Å². The number of oxazole rings is 1. The van der Waals surface area contributed by atoms with E-state index in [4.69, 9.17) is 4.42 Å². The van der Waals surface area contributed by atoms with E-state index in [-0.39, 0.29) is 19.1 Å². The smallest absolute Gasteiger partial charge is 0.408 e. The van der Waals surface area contributed by atoms with Crippen LogP contribution in [0.3, 0.4) is 0 Å². The standard InChI is InChI=1S/C14H16N2O4/c17-9-14(6-3-7-14)15-12(18)8-16-10-4-1-2-5-11(10)20-13(16)19/h1-2,4-5,17H,3,6-9H2,(H,15,18). The molecule has 1 aliphatic carbocycles. The van der Waals surface area contributed by atoms with E-state index in [1.165, 1.54) is 4.57 Å². The number of hydrogen-bond acceptors (Lipinski definition) is 4. The van der Waals surface area contributed by atoms with Gasteiger partial charge >= 0.3 is 5.76 Å². The third-order valence-electron chi connectivity index (χ3n) is 3.89. The second-order valence-electron chi connectivity index (χ2n) is 5.26. The van der Waals surface area contributed by atoms with Crippen molar-refractivity contribution in [1.82, 2.24) is 9.88 Å². The van der Waals surface area contributed by atoms with Crippen LogP contribution in [0.1, 0.15) is 19.3 Å². The van der Waals surface area contributed by atoms with Crippen molar-refractivity contribution in [3.05, 3.63) is 34.8 Å². The Bertz CT molecular complexity index is 691. The van der Waals surface area contributed by atoms with Crippen LogP contribution >= 0.6 is 0 Å². The Morgan fingerprint density at radius 1 is 1.40 bits per heavy atom. The average Bonchev–Trinajstić information content (AvgIpc) is 2.71. The molecule has 2 N–H and O–H groups in total. The molecule has 106 valence electrons. The van der Waals surface area contributed by atoms with E-state index >= 15 is 0 Å². The molecule has 0 unspecified atom stereocenters. The fourth-order valence-corrected chi connectivity index (χ4v) is 2.57. The molecule has 1 aromatic heterocycles. The molecule has 2 aromatic rings. The Balaban J connectivity index is 1.81. The number of amides is 1. The molecule has 0 aliphatic heterocycles. The van der Waals surface area contributed by atoms with Crippen LogP contribution in [0, 0.1) is 0 Å². The molecule has 3 rings (SSSR count). The van der Waals surface area contributed by atoms with Crippen molar-refractivity contribution >= 4 is 17.0 Å². The molecule has 1 aromatic carbocycles. The van der Waals surface area contributed by atoms with E-state index in [0.717, 1.165) is 19.3 Å². The molecule has 0 bridgehead atoms. The fourth-order valence-electron chi connectivity index (χ4n) is 2.57. The normalized spacial score (nSPS) is 16.9. The Labute approximate surface area is 115 Å². The summed E-state index contributed by atoms with van der Waals surface area (Å²) in [6, 6.07) is 6.97. The summed E-state index contributed by atoms with van der Waals surface area (Å²) in [5.74, 6) is -0.833. The van der Waals surface area contributed by atoms with E-state index in [9.17, 15) is 14.7 Å². The minimum absolute atomic E-state index is 0.0697. The van der Waals surface area contributed by atoms with Crippen molar-refractivity contribution in [2.45, 2.75) is 31.3 Å². The Hall–Kier alpha value is -2.08. The van der Waals surface area contributed by atoms with Crippen LogP contribution < -0.4 is 11.1 Å². The lowest BCUT2D eigenvalue weighted by Crippen LogP contribution is -2.57. The van der Waals surface area contributed by atoms with Gasteiger partial charge in [0.1, 0.15) is 6.54 Å². The highest BCUT2D eigenvalue weighted by atomic mass is 16.4. The third-order valence-corrected chi connectivity index (χ3v) is 3.89. The molecule has 20 heavy (non-hydrogen) atoms. The molecule has 0 atom stereocenters. The molecule has 0 saturated heterocycles. The predicted molar refractivity (Wildman–Crippen MR) is 72.3 cm³/mol. The van der Waals surface area contributed by atoms with Gasteiger partial charge in [-0.3, -0.25) is 9.36 Å². The van der Waals surface area contributed by atoms with Gasteiger partial charge in [-0.25, -0.2) is 4.79 Å². The van der Waals surface area contributed by atoms with Crippen LogP contribution in [0.15, 0.2) is 33.5 Å². The first-order valence-electron chi connectivity index (χ1n) is 6.64. The van der Waals surface area contributed by atoms with Gasteiger partial charge in [0.05, 0.1) is 17.7 Å². The number of para-hydroxylation sites is 2. The number of carbonyl (C=O) groups excluding carboxylic acids is 1. The van der Waals surface area contributed by atoms with Gasteiger partial charge in [-0.2, -0.15) is 0 Å². The number of nitrogens with one attached hydrogen (secondary N) is 1. The highest BCUT2D eigenvalue weighted by Crippen LogP contribution is 2.31. The monoisotopic (exact) mass is 276 g/mol. The number of fused-ring (bicyclic) bond motifs is 1. The first-order chi connectivity index (χ1) is 9.63. The Morgan fingerprint density at radius 3 is 2.80 bits per heavy atom. The van der Waals surface area contributed by atoms with Gasteiger partial charge in [-0.1, -0.05) is 12.1 Å². The molecule has 1 saturated carbocycles. The molecular formula is C14H16N2O4. The SMILES string of the molecule is O=C(Cn1c(=O)oc2ccccc21)NC1(CO)CCC1. The summed E-state index contributed by atoms with van der Waals surface area (Å²) in [4.78, 5) is 23.8. The van der Waals surface area contributed by atoms with E-state index in [0.29, 0.717) is 11.1 Å². The van der Waals surface area contributed by atoms with Crippen molar-refractivity contribution in [3.8, 4) is 0 Å². The minimum Gasteiger partial charge on any atom is -0.408 e. The first kappa shape index (κ1) is 12.9. The topological polar surface area (TPSA) is 84.5 Å². The lowest BCUT2D eigenvalue weighted by atomic mass is 9.77. The molecule has 1 heterocycles. The summed E-state index contributed by atoms with van der Waals surface area (Å²) in [5, 5.41) is 12.2. The number of carbonyl (C=O) groups is 1. The quantitative estimate of drug-likeness (QED) is 0.857. The molecule has 6 nitrogen and oxygen atoms in total. The van der Waals surface area contributed by atoms with Crippen molar-refractivity contribution < 1.29 is 14.3 Å². The van der Waals surface area contributed by atoms with E-state index in [2.05, 4.69) is 5.32 Å². The fraction of sp³-hybridized carbons (Fsp3) is 0.429. The first-order valence-corrected chi connectivity index (χ1v) is 6.64. The molecular weight excluding hydrogens is 260 g/mol. The van der Waals surface area contributed by atoms with Gasteiger partial charge in [0.15, 0.2) is 5.58 Å². The number of aliphatic hydroxyl groups is 1. The summed E-state index contributed by atoms with van der Waals surface area (Å²) < 4.78 is 6.37. The van der Waals surface area contributed by atoms with Crippen molar-refractivity contribution in [2.24, 2.45) is 0 Å². The molecule has 0 radical (unpaired) electrons. The van der Waals surface area contributed by atoms with Crippen LogP contribution in [0.4, 0.5) is 0 Å². The van der Waals surface area contributed by atoms with Crippen LogP contribution in [0.5, 0.6) is 0 Å². The van der Waals surface area contributed by atoms with Crippen molar-refractivity contribution in [3.63, 3.8) is 0 Å². The Morgan fingerprint density at radius 2 is 2.15 bits per heavy atom. The number of nitrogens with zero attached hydrogens (tertiary/aromatic N) is 1. The highest BCUT2D eigenvalue weighted by molar-refractivity contribution is 5.80. The van der Waals surface area contributed by atoms with Crippen molar-refractivity contribution in [2.75, 3.05) is 6.61 Å². The van der Waals surface area contributed by atoms with Gasteiger partial charge < -0.3 is 14.8 Å². The van der Waals surface area contributed by atoms with Gasteiger partial charge in [-0.15, -0.1) is 0 Å². The van der Waals surface area contributed by atoms with E-state index < -0.39 is 11.3 Å². The summed E-state index contributed by atoms with van der Waals surface area (Å²) in [6.45, 7) is -0.169. The predicted octanol–water partition coefficient (Wildman–Crippen LogP) is 0.626. The zero-order chi connectivity index (χ0) is 14.2. The summed E-state index contributed by atoms with van der Waals surface area (Å²) in [5.41, 5.74) is 0.561. The van der Waals surface area contributed by atoms with E-state index in [1.54, 1.807) is 24.3 Å².